The Morgan fingerprint density at radius 3 is 2.86 bits per heavy atom. The normalized spacial score (nSPS) is 16.0. The molecule has 3 rings (SSSR count). The summed E-state index contributed by atoms with van der Waals surface area (Å²) in [6.45, 7) is 1.34. The number of amides is 2. The van der Waals surface area contributed by atoms with Crippen LogP contribution in [0.1, 0.15) is 27.7 Å². The molecule has 0 aliphatic carbocycles. The third kappa shape index (κ3) is 6.18. The molecule has 10 heteroatoms. The first-order valence-corrected chi connectivity index (χ1v) is 10.8. The number of aromatic nitrogens is 2. The summed E-state index contributed by atoms with van der Waals surface area (Å²) in [5.41, 5.74) is 0.653. The Kier molecular flexibility index (Phi) is 7.63. The van der Waals surface area contributed by atoms with E-state index in [1.807, 2.05) is 0 Å². The maximum absolute atomic E-state index is 12.3. The van der Waals surface area contributed by atoms with Gasteiger partial charge in [0.1, 0.15) is 10.8 Å². The Hall–Kier alpha value is -2.17. The van der Waals surface area contributed by atoms with Gasteiger partial charge in [-0.05, 0) is 37.1 Å². The van der Waals surface area contributed by atoms with Crippen molar-refractivity contribution in [1.29, 1.82) is 0 Å². The first kappa shape index (κ1) is 20.6. The first-order chi connectivity index (χ1) is 13.6. The summed E-state index contributed by atoms with van der Waals surface area (Å²) in [6, 6.07) is 7.04. The fourth-order valence-electron chi connectivity index (χ4n) is 2.58. The predicted octanol–water partition coefficient (Wildman–Crippen LogP) is 2.33. The molecule has 150 valence electrons. The number of hydrogen-bond donors (Lipinski definition) is 2. The summed E-state index contributed by atoms with van der Waals surface area (Å²) < 4.78 is 10.6. The van der Waals surface area contributed by atoms with Crippen molar-refractivity contribution in [2.75, 3.05) is 31.3 Å². The van der Waals surface area contributed by atoms with Crippen LogP contribution in [0.15, 0.2) is 24.3 Å². The van der Waals surface area contributed by atoms with Crippen LogP contribution in [-0.4, -0.2) is 54.1 Å². The van der Waals surface area contributed by atoms with Crippen LogP contribution in [-0.2, 0) is 15.3 Å². The third-order valence-corrected chi connectivity index (χ3v) is 6.07. The molecule has 0 spiro atoms. The van der Waals surface area contributed by atoms with E-state index < -0.39 is 0 Å². The number of hydrogen-bond acceptors (Lipinski definition) is 8. The molecule has 1 aliphatic heterocycles. The topological polar surface area (TPSA) is 102 Å². The molecular weight excluding hydrogens is 400 g/mol. The lowest BCUT2D eigenvalue weighted by molar-refractivity contribution is -0.119. The van der Waals surface area contributed by atoms with Crippen LogP contribution in [0.2, 0.25) is 0 Å². The van der Waals surface area contributed by atoms with Crippen LogP contribution in [0, 0.1) is 0 Å². The molecular formula is C18H22N4O4S2. The van der Waals surface area contributed by atoms with E-state index in [9.17, 15) is 9.59 Å². The van der Waals surface area contributed by atoms with E-state index in [1.165, 1.54) is 23.1 Å². The molecule has 0 saturated carbocycles. The fraction of sp³-hybridized carbons (Fsp3) is 0.444. The molecule has 1 atom stereocenters. The van der Waals surface area contributed by atoms with Gasteiger partial charge in [-0.15, -0.1) is 22.0 Å². The molecule has 1 aliphatic rings. The number of nitrogens with zero attached hydrogens (tertiary/aromatic N) is 2. The lowest BCUT2D eigenvalue weighted by Gasteiger charge is -2.10. The third-order valence-electron chi connectivity index (χ3n) is 4.02. The van der Waals surface area contributed by atoms with Gasteiger partial charge in [0.05, 0.1) is 19.0 Å². The smallest absolute Gasteiger partial charge is 0.286 e. The number of thioether (sulfide) groups is 1. The number of benzene rings is 1. The lowest BCUT2D eigenvalue weighted by Crippen LogP contribution is -2.32. The number of methoxy groups -OCH3 is 1. The highest BCUT2D eigenvalue weighted by atomic mass is 32.2. The van der Waals surface area contributed by atoms with Crippen molar-refractivity contribution in [2.24, 2.45) is 0 Å². The average Bonchev–Trinajstić information content (AvgIpc) is 3.39. The van der Waals surface area contributed by atoms with Gasteiger partial charge >= 0.3 is 0 Å². The number of carbonyl (C=O) groups is 2. The van der Waals surface area contributed by atoms with Gasteiger partial charge in [0.25, 0.3) is 5.91 Å². The van der Waals surface area contributed by atoms with Crippen LogP contribution in [0.5, 0.6) is 5.75 Å². The van der Waals surface area contributed by atoms with Gasteiger partial charge in [0, 0.05) is 24.6 Å². The molecule has 2 amide bonds. The molecule has 1 aromatic heterocycles. The zero-order valence-electron chi connectivity index (χ0n) is 15.5. The van der Waals surface area contributed by atoms with Crippen LogP contribution >= 0.6 is 23.1 Å². The zero-order chi connectivity index (χ0) is 19.8. The fourth-order valence-corrected chi connectivity index (χ4v) is 4.22. The van der Waals surface area contributed by atoms with Crippen molar-refractivity contribution < 1.29 is 19.1 Å². The monoisotopic (exact) mass is 422 g/mol. The molecule has 2 heterocycles. The summed E-state index contributed by atoms with van der Waals surface area (Å²) in [5.74, 6) is 1.24. The van der Waals surface area contributed by atoms with Gasteiger partial charge in [-0.2, -0.15) is 0 Å². The second kappa shape index (κ2) is 10.4. The Morgan fingerprint density at radius 1 is 1.32 bits per heavy atom. The van der Waals surface area contributed by atoms with Crippen molar-refractivity contribution in [3.8, 4) is 5.75 Å². The molecule has 8 nitrogen and oxygen atoms in total. The van der Waals surface area contributed by atoms with E-state index in [4.69, 9.17) is 9.47 Å². The summed E-state index contributed by atoms with van der Waals surface area (Å²) in [4.78, 5) is 24.1. The second-order valence-corrected chi connectivity index (χ2v) is 8.16. The largest absolute Gasteiger partial charge is 0.497 e. The Bertz CT molecular complexity index is 791. The molecule has 1 unspecified atom stereocenters. The predicted molar refractivity (Wildman–Crippen MR) is 109 cm³/mol. The van der Waals surface area contributed by atoms with Gasteiger partial charge < -0.3 is 20.1 Å². The van der Waals surface area contributed by atoms with Gasteiger partial charge in [0.2, 0.25) is 10.9 Å². The van der Waals surface area contributed by atoms with Crippen molar-refractivity contribution in [2.45, 2.75) is 24.7 Å². The minimum absolute atomic E-state index is 0.0255. The van der Waals surface area contributed by atoms with Gasteiger partial charge in [-0.1, -0.05) is 11.3 Å². The number of carbonyl (C=O) groups excluding carboxylic acids is 2. The van der Waals surface area contributed by atoms with E-state index in [0.29, 0.717) is 34.5 Å². The Balaban J connectivity index is 1.39. The second-order valence-electron chi connectivity index (χ2n) is 6.12. The molecule has 0 bridgehead atoms. The van der Waals surface area contributed by atoms with Crippen LogP contribution < -0.4 is 15.4 Å². The molecule has 28 heavy (non-hydrogen) atoms. The highest BCUT2D eigenvalue weighted by Gasteiger charge is 2.17. The van der Waals surface area contributed by atoms with Crippen LogP contribution in [0.3, 0.4) is 0 Å². The van der Waals surface area contributed by atoms with E-state index in [1.54, 1.807) is 31.4 Å². The van der Waals surface area contributed by atoms with Gasteiger partial charge in [-0.25, -0.2) is 0 Å². The molecule has 2 aromatic rings. The SMILES string of the molecule is COc1ccc(NC(=O)c2nnc(CSCC(=O)NCC3CCCO3)s2)cc1. The quantitative estimate of drug-likeness (QED) is 0.639. The highest BCUT2D eigenvalue weighted by Crippen LogP contribution is 2.19. The zero-order valence-corrected chi connectivity index (χ0v) is 17.1. The van der Waals surface area contributed by atoms with Crippen LogP contribution in [0.25, 0.3) is 0 Å². The summed E-state index contributed by atoms with van der Waals surface area (Å²) >= 11 is 2.66. The summed E-state index contributed by atoms with van der Waals surface area (Å²) in [7, 11) is 1.59. The highest BCUT2D eigenvalue weighted by molar-refractivity contribution is 7.99. The minimum Gasteiger partial charge on any atom is -0.497 e. The molecule has 0 radical (unpaired) electrons. The average molecular weight is 423 g/mol. The molecule has 2 N–H and O–H groups in total. The van der Waals surface area contributed by atoms with Gasteiger partial charge in [0.15, 0.2) is 0 Å². The number of ether oxygens (including phenoxy) is 2. The molecule has 1 fully saturated rings. The first-order valence-electron chi connectivity index (χ1n) is 8.88. The minimum atomic E-state index is -0.312. The molecule has 1 aromatic carbocycles. The van der Waals surface area contributed by atoms with E-state index in [2.05, 4.69) is 20.8 Å². The van der Waals surface area contributed by atoms with Crippen molar-refractivity contribution in [3.63, 3.8) is 0 Å². The van der Waals surface area contributed by atoms with E-state index in [0.717, 1.165) is 19.4 Å². The van der Waals surface area contributed by atoms with E-state index in [-0.39, 0.29) is 22.9 Å². The van der Waals surface area contributed by atoms with E-state index >= 15 is 0 Å². The Morgan fingerprint density at radius 2 is 2.14 bits per heavy atom. The van der Waals surface area contributed by atoms with Crippen molar-refractivity contribution in [1.82, 2.24) is 15.5 Å². The lowest BCUT2D eigenvalue weighted by atomic mass is 10.2. The number of anilines is 1. The standard InChI is InChI=1S/C18H22N4O4S2/c1-25-13-6-4-12(5-7-13)20-17(24)18-22-21-16(28-18)11-27-10-15(23)19-9-14-3-2-8-26-14/h4-7,14H,2-3,8-11H2,1H3,(H,19,23)(H,20,24). The van der Waals surface area contributed by atoms with Gasteiger partial charge in [-0.3, -0.25) is 9.59 Å². The van der Waals surface area contributed by atoms with Crippen LogP contribution in [0.4, 0.5) is 5.69 Å². The molecule has 1 saturated heterocycles. The number of rotatable bonds is 9. The summed E-state index contributed by atoms with van der Waals surface area (Å²) in [6.07, 6.45) is 2.20. The maximum atomic E-state index is 12.3. The van der Waals surface area contributed by atoms with Crippen molar-refractivity contribution >= 4 is 40.6 Å². The maximum Gasteiger partial charge on any atom is 0.286 e. The summed E-state index contributed by atoms with van der Waals surface area (Å²) in [5, 5.41) is 14.6. The number of nitrogens with one attached hydrogen (secondary N) is 2. The van der Waals surface area contributed by atoms with Crippen molar-refractivity contribution in [3.05, 3.63) is 34.3 Å². The Labute approximate surface area is 171 Å².